The molecule has 0 aromatic rings. The van der Waals surface area contributed by atoms with Crippen LogP contribution in [0, 0.1) is 0 Å². The van der Waals surface area contributed by atoms with Crippen molar-refractivity contribution >= 4 is 35.8 Å². The maximum Gasteiger partial charge on any atom is 0.228 e. The van der Waals surface area contributed by atoms with Gasteiger partial charge in [-0.2, -0.15) is 4.31 Å². The summed E-state index contributed by atoms with van der Waals surface area (Å²) in [7, 11) is -5.80. The zero-order valence-corrected chi connectivity index (χ0v) is 13.2. The van der Waals surface area contributed by atoms with Crippen LogP contribution in [-0.4, -0.2) is 50.4 Å². The van der Waals surface area contributed by atoms with Gasteiger partial charge in [0.15, 0.2) is 14.9 Å². The number of sulfonamides is 1. The molecule has 0 amide bonds. The molecular formula is C9H18BrNO4S2. The van der Waals surface area contributed by atoms with Crippen molar-refractivity contribution in [2.75, 3.05) is 18.4 Å². The van der Waals surface area contributed by atoms with Gasteiger partial charge in [-0.15, -0.1) is 0 Å². The maximum atomic E-state index is 11.9. The molecule has 0 bridgehead atoms. The molecule has 0 aromatic carbocycles. The van der Waals surface area contributed by atoms with E-state index in [1.165, 1.54) is 11.4 Å². The average molecular weight is 348 g/mol. The number of alkyl halides is 1. The van der Waals surface area contributed by atoms with Crippen LogP contribution in [0.1, 0.15) is 25.7 Å². The standard InChI is InChI=1S/C9H18BrNO4S2/c1-11(9-6-4-3-5-8(9)10)17(14,15)7-16(2,12)13/h8-9H,3-7H2,1-2H3. The molecule has 102 valence electrons. The molecule has 8 heteroatoms. The van der Waals surface area contributed by atoms with Gasteiger partial charge >= 0.3 is 0 Å². The summed E-state index contributed by atoms with van der Waals surface area (Å²) in [6.45, 7) is 0. The molecule has 2 atom stereocenters. The van der Waals surface area contributed by atoms with Crippen molar-refractivity contribution in [1.29, 1.82) is 0 Å². The Hall–Kier alpha value is 0.340. The van der Waals surface area contributed by atoms with Gasteiger partial charge in [-0.25, -0.2) is 16.8 Å². The summed E-state index contributed by atoms with van der Waals surface area (Å²) in [5.74, 6) is 0. The van der Waals surface area contributed by atoms with Gasteiger partial charge in [0.05, 0.1) is 0 Å². The van der Waals surface area contributed by atoms with Crippen molar-refractivity contribution in [2.45, 2.75) is 36.6 Å². The lowest BCUT2D eigenvalue weighted by molar-refractivity contribution is 0.298. The fourth-order valence-corrected chi connectivity index (χ4v) is 6.63. The second-order valence-corrected chi connectivity index (χ2v) is 10.2. The quantitative estimate of drug-likeness (QED) is 0.710. The first-order chi connectivity index (χ1) is 7.63. The third-order valence-electron chi connectivity index (χ3n) is 2.92. The van der Waals surface area contributed by atoms with Crippen molar-refractivity contribution in [3.63, 3.8) is 0 Å². The first-order valence-electron chi connectivity index (χ1n) is 5.41. The Bertz CT molecular complexity index is 459. The second-order valence-electron chi connectivity index (χ2n) is 4.54. The van der Waals surface area contributed by atoms with E-state index in [9.17, 15) is 16.8 Å². The molecule has 1 aliphatic rings. The largest absolute Gasteiger partial charge is 0.228 e. The Kier molecular flexibility index (Phi) is 5.02. The number of halogens is 1. The summed E-state index contributed by atoms with van der Waals surface area (Å²) in [6.07, 6.45) is 4.68. The lowest BCUT2D eigenvalue weighted by atomic mass is 9.96. The summed E-state index contributed by atoms with van der Waals surface area (Å²) in [4.78, 5) is 0.107. The molecule has 0 aliphatic heterocycles. The van der Waals surface area contributed by atoms with E-state index in [4.69, 9.17) is 0 Å². The Labute approximate surface area is 112 Å². The van der Waals surface area contributed by atoms with Crippen LogP contribution in [0.15, 0.2) is 0 Å². The van der Waals surface area contributed by atoms with Gasteiger partial charge in [-0.1, -0.05) is 28.8 Å². The van der Waals surface area contributed by atoms with Gasteiger partial charge in [0.25, 0.3) is 0 Å². The highest BCUT2D eigenvalue weighted by molar-refractivity contribution is 9.09. The van der Waals surface area contributed by atoms with E-state index in [1.54, 1.807) is 0 Å². The molecule has 1 aliphatic carbocycles. The fraction of sp³-hybridized carbons (Fsp3) is 1.00. The molecule has 1 saturated carbocycles. The monoisotopic (exact) mass is 347 g/mol. The van der Waals surface area contributed by atoms with Gasteiger partial charge in [-0.3, -0.25) is 0 Å². The van der Waals surface area contributed by atoms with E-state index in [0.29, 0.717) is 0 Å². The molecule has 0 aromatic heterocycles. The zero-order chi connectivity index (χ0) is 13.3. The highest BCUT2D eigenvalue weighted by Crippen LogP contribution is 2.29. The average Bonchev–Trinajstić information content (AvgIpc) is 2.13. The van der Waals surface area contributed by atoms with E-state index in [2.05, 4.69) is 15.9 Å². The predicted molar refractivity (Wildman–Crippen MR) is 71.4 cm³/mol. The number of rotatable bonds is 4. The van der Waals surface area contributed by atoms with Crippen molar-refractivity contribution in [3.05, 3.63) is 0 Å². The summed E-state index contributed by atoms with van der Waals surface area (Å²) in [5.41, 5.74) is 0. The SMILES string of the molecule is CN(C1CCCCC1Br)S(=O)(=O)CS(C)(=O)=O. The van der Waals surface area contributed by atoms with Crippen LogP contribution in [0.5, 0.6) is 0 Å². The van der Waals surface area contributed by atoms with E-state index in [-0.39, 0.29) is 10.9 Å². The molecule has 0 saturated heterocycles. The van der Waals surface area contributed by atoms with Crippen molar-refractivity contribution in [1.82, 2.24) is 4.31 Å². The van der Waals surface area contributed by atoms with Gasteiger partial charge in [0, 0.05) is 24.2 Å². The third-order valence-corrected chi connectivity index (χ3v) is 8.04. The summed E-state index contributed by atoms with van der Waals surface area (Å²) in [6, 6.07) is -0.143. The fourth-order valence-electron chi connectivity index (χ4n) is 2.04. The van der Waals surface area contributed by atoms with Crippen LogP contribution in [-0.2, 0) is 19.9 Å². The number of nitrogens with zero attached hydrogens (tertiary/aromatic N) is 1. The molecule has 1 rings (SSSR count). The number of hydrogen-bond acceptors (Lipinski definition) is 4. The predicted octanol–water partition coefficient (Wildman–Crippen LogP) is 0.956. The van der Waals surface area contributed by atoms with Crippen LogP contribution in [0.2, 0.25) is 0 Å². The molecule has 0 heterocycles. The van der Waals surface area contributed by atoms with E-state index >= 15 is 0 Å². The topological polar surface area (TPSA) is 71.5 Å². The summed E-state index contributed by atoms with van der Waals surface area (Å²) < 4.78 is 47.2. The minimum atomic E-state index is -3.74. The van der Waals surface area contributed by atoms with Crippen molar-refractivity contribution < 1.29 is 16.8 Å². The van der Waals surface area contributed by atoms with Crippen LogP contribution >= 0.6 is 15.9 Å². The van der Waals surface area contributed by atoms with Gasteiger partial charge in [0.1, 0.15) is 0 Å². The first-order valence-corrected chi connectivity index (χ1v) is 9.99. The minimum Gasteiger partial charge on any atom is -0.228 e. The Morgan fingerprint density at radius 1 is 1.18 bits per heavy atom. The molecule has 5 nitrogen and oxygen atoms in total. The smallest absolute Gasteiger partial charge is 0.228 e. The molecule has 0 N–H and O–H groups in total. The molecular weight excluding hydrogens is 330 g/mol. The minimum absolute atomic E-state index is 0.107. The highest BCUT2D eigenvalue weighted by Gasteiger charge is 2.34. The van der Waals surface area contributed by atoms with Gasteiger partial charge < -0.3 is 0 Å². The molecule has 2 unspecified atom stereocenters. The van der Waals surface area contributed by atoms with Crippen LogP contribution in [0.4, 0.5) is 0 Å². The van der Waals surface area contributed by atoms with Crippen molar-refractivity contribution in [3.8, 4) is 0 Å². The van der Waals surface area contributed by atoms with E-state index in [0.717, 1.165) is 31.9 Å². The molecule has 1 fully saturated rings. The normalized spacial score (nSPS) is 27.3. The molecule has 0 spiro atoms. The lowest BCUT2D eigenvalue weighted by Gasteiger charge is -2.34. The lowest BCUT2D eigenvalue weighted by Crippen LogP contribution is -2.45. The van der Waals surface area contributed by atoms with Gasteiger partial charge in [0.2, 0.25) is 10.0 Å². The van der Waals surface area contributed by atoms with Crippen LogP contribution in [0.25, 0.3) is 0 Å². The van der Waals surface area contributed by atoms with Crippen LogP contribution in [0.3, 0.4) is 0 Å². The first kappa shape index (κ1) is 15.4. The Morgan fingerprint density at radius 2 is 1.71 bits per heavy atom. The third kappa shape index (κ3) is 4.50. The zero-order valence-electron chi connectivity index (χ0n) is 9.96. The Balaban J connectivity index is 2.84. The molecule has 17 heavy (non-hydrogen) atoms. The van der Waals surface area contributed by atoms with Crippen LogP contribution < -0.4 is 0 Å². The highest BCUT2D eigenvalue weighted by atomic mass is 79.9. The second kappa shape index (κ2) is 5.54. The number of sulfone groups is 1. The summed E-state index contributed by atoms with van der Waals surface area (Å²) in [5, 5.41) is -0.813. The Morgan fingerprint density at radius 3 is 2.18 bits per heavy atom. The van der Waals surface area contributed by atoms with Crippen molar-refractivity contribution in [2.24, 2.45) is 0 Å². The number of hydrogen-bond donors (Lipinski definition) is 0. The summed E-state index contributed by atoms with van der Waals surface area (Å²) >= 11 is 3.47. The van der Waals surface area contributed by atoms with Gasteiger partial charge in [-0.05, 0) is 12.8 Å². The van der Waals surface area contributed by atoms with E-state index < -0.39 is 24.9 Å². The molecule has 0 radical (unpaired) electrons. The maximum absolute atomic E-state index is 11.9. The van der Waals surface area contributed by atoms with E-state index in [1.807, 2.05) is 0 Å².